The van der Waals surface area contributed by atoms with E-state index in [0.29, 0.717) is 10.6 Å². The third kappa shape index (κ3) is 2.76. The highest BCUT2D eigenvalue weighted by molar-refractivity contribution is 6.39. The van der Waals surface area contributed by atoms with Gasteiger partial charge in [0.2, 0.25) is 0 Å². The molecule has 0 aromatic heterocycles. The minimum absolute atomic E-state index is 0.238. The van der Waals surface area contributed by atoms with E-state index in [4.69, 9.17) is 34.8 Å². The van der Waals surface area contributed by atoms with Gasteiger partial charge >= 0.3 is 0 Å². The van der Waals surface area contributed by atoms with Crippen LogP contribution in [0.3, 0.4) is 0 Å². The fourth-order valence-electron chi connectivity index (χ4n) is 0.885. The van der Waals surface area contributed by atoms with Crippen LogP contribution in [0.5, 0.6) is 0 Å². The Morgan fingerprint density at radius 3 is 2.08 bits per heavy atom. The van der Waals surface area contributed by atoms with Crippen molar-refractivity contribution in [2.24, 2.45) is 0 Å². The first kappa shape index (κ1) is 10.6. The van der Waals surface area contributed by atoms with Gasteiger partial charge in [0.15, 0.2) is 0 Å². The van der Waals surface area contributed by atoms with E-state index in [9.17, 15) is 9.90 Å². The highest BCUT2D eigenvalue weighted by Gasteiger charge is 2.07. The summed E-state index contributed by atoms with van der Waals surface area (Å²) in [6.45, 7) is 0. The van der Waals surface area contributed by atoms with E-state index in [0.717, 1.165) is 0 Å². The maximum absolute atomic E-state index is 10.3. The molecular weight excluding hydrogens is 234 g/mol. The van der Waals surface area contributed by atoms with Crippen molar-refractivity contribution in [1.29, 1.82) is 0 Å². The molecule has 1 aromatic rings. The SMILES string of the molecule is O=C([O-])Cc1c(Cl)cc(Cl)cc1Cl. The van der Waals surface area contributed by atoms with Gasteiger partial charge in [0.25, 0.3) is 0 Å². The summed E-state index contributed by atoms with van der Waals surface area (Å²) >= 11 is 17.1. The normalized spacial score (nSPS) is 10.1. The van der Waals surface area contributed by atoms with Crippen LogP contribution in [0, 0.1) is 0 Å². The lowest BCUT2D eigenvalue weighted by molar-refractivity contribution is -0.304. The molecule has 0 bridgehead atoms. The van der Waals surface area contributed by atoms with E-state index in [1.54, 1.807) is 0 Å². The Kier molecular flexibility index (Phi) is 3.42. The summed E-state index contributed by atoms with van der Waals surface area (Å²) < 4.78 is 0. The van der Waals surface area contributed by atoms with Crippen molar-refractivity contribution in [3.8, 4) is 0 Å². The highest BCUT2D eigenvalue weighted by Crippen LogP contribution is 2.28. The van der Waals surface area contributed by atoms with E-state index in [2.05, 4.69) is 0 Å². The summed E-state index contributed by atoms with van der Waals surface area (Å²) in [4.78, 5) is 10.3. The molecule has 0 saturated heterocycles. The third-order valence-electron chi connectivity index (χ3n) is 1.43. The second-order valence-electron chi connectivity index (χ2n) is 2.40. The van der Waals surface area contributed by atoms with Crippen LogP contribution >= 0.6 is 34.8 Å². The average Bonchev–Trinajstić information content (AvgIpc) is 1.96. The minimum atomic E-state index is -1.23. The number of hydrogen-bond donors (Lipinski definition) is 0. The summed E-state index contributed by atoms with van der Waals surface area (Å²) in [5, 5.41) is 11.1. The van der Waals surface area contributed by atoms with Crippen LogP contribution in [-0.2, 0) is 11.2 Å². The van der Waals surface area contributed by atoms with Gasteiger partial charge in [-0.1, -0.05) is 34.8 Å². The van der Waals surface area contributed by atoms with Crippen molar-refractivity contribution < 1.29 is 9.90 Å². The summed E-state index contributed by atoms with van der Waals surface area (Å²) in [5.41, 5.74) is 0.327. The zero-order valence-corrected chi connectivity index (χ0v) is 8.58. The van der Waals surface area contributed by atoms with Gasteiger partial charge < -0.3 is 9.90 Å². The first-order valence-electron chi connectivity index (χ1n) is 3.34. The summed E-state index contributed by atoms with van der Waals surface area (Å²) in [6, 6.07) is 2.88. The first-order valence-corrected chi connectivity index (χ1v) is 4.47. The lowest BCUT2D eigenvalue weighted by Gasteiger charge is -2.07. The number of carbonyl (C=O) groups is 1. The molecule has 0 spiro atoms. The molecule has 0 fully saturated rings. The molecule has 0 aliphatic rings. The molecule has 0 amide bonds. The predicted molar refractivity (Wildman–Crippen MR) is 50.2 cm³/mol. The van der Waals surface area contributed by atoms with Gasteiger partial charge in [0, 0.05) is 27.5 Å². The summed E-state index contributed by atoms with van der Waals surface area (Å²) in [6.07, 6.45) is -0.311. The summed E-state index contributed by atoms with van der Waals surface area (Å²) in [7, 11) is 0. The van der Waals surface area contributed by atoms with E-state index < -0.39 is 5.97 Å². The molecule has 1 rings (SSSR count). The average molecular weight is 238 g/mol. The Balaban J connectivity index is 3.13. The van der Waals surface area contributed by atoms with E-state index in [-0.39, 0.29) is 16.5 Å². The molecule has 1 aromatic carbocycles. The lowest BCUT2D eigenvalue weighted by Crippen LogP contribution is -2.24. The van der Waals surface area contributed by atoms with Crippen molar-refractivity contribution in [1.82, 2.24) is 0 Å². The quantitative estimate of drug-likeness (QED) is 0.790. The number of halogens is 3. The Morgan fingerprint density at radius 1 is 1.23 bits per heavy atom. The van der Waals surface area contributed by atoms with Gasteiger partial charge in [0.1, 0.15) is 0 Å². The van der Waals surface area contributed by atoms with Gasteiger partial charge in [-0.05, 0) is 17.7 Å². The molecule has 13 heavy (non-hydrogen) atoms. The Labute approximate surface area is 90.0 Å². The number of rotatable bonds is 2. The van der Waals surface area contributed by atoms with Crippen molar-refractivity contribution in [3.63, 3.8) is 0 Å². The number of carboxylic acids is 1. The van der Waals surface area contributed by atoms with Gasteiger partial charge in [-0.3, -0.25) is 0 Å². The molecular formula is C8H4Cl3O2-. The Morgan fingerprint density at radius 2 is 1.69 bits per heavy atom. The summed E-state index contributed by atoms with van der Waals surface area (Å²) in [5.74, 6) is -1.23. The lowest BCUT2D eigenvalue weighted by atomic mass is 10.1. The number of carboxylic acid groups (broad SMARTS) is 1. The van der Waals surface area contributed by atoms with Crippen LogP contribution in [0.1, 0.15) is 5.56 Å². The van der Waals surface area contributed by atoms with Crippen molar-refractivity contribution in [2.75, 3.05) is 0 Å². The van der Waals surface area contributed by atoms with E-state index in [1.807, 2.05) is 0 Å². The molecule has 0 aliphatic heterocycles. The standard InChI is InChI=1S/C8H5Cl3O2/c9-4-1-6(10)5(3-8(12)13)7(11)2-4/h1-2H,3H2,(H,12,13)/p-1. The molecule has 0 atom stereocenters. The van der Waals surface area contributed by atoms with Gasteiger partial charge in [-0.15, -0.1) is 0 Å². The zero-order chi connectivity index (χ0) is 10.0. The van der Waals surface area contributed by atoms with E-state index in [1.165, 1.54) is 12.1 Å². The van der Waals surface area contributed by atoms with Crippen LogP contribution in [-0.4, -0.2) is 5.97 Å². The first-order chi connectivity index (χ1) is 6.00. The monoisotopic (exact) mass is 237 g/mol. The third-order valence-corrected chi connectivity index (χ3v) is 2.32. The van der Waals surface area contributed by atoms with Crippen LogP contribution in [0.2, 0.25) is 15.1 Å². The topological polar surface area (TPSA) is 40.1 Å². The molecule has 0 aliphatic carbocycles. The molecule has 0 saturated carbocycles. The molecule has 0 radical (unpaired) electrons. The van der Waals surface area contributed by atoms with Crippen LogP contribution < -0.4 is 5.11 Å². The van der Waals surface area contributed by atoms with Crippen molar-refractivity contribution in [3.05, 3.63) is 32.8 Å². The number of benzene rings is 1. The molecule has 2 nitrogen and oxygen atoms in total. The van der Waals surface area contributed by atoms with Gasteiger partial charge in [0.05, 0.1) is 0 Å². The Hall–Kier alpha value is -0.440. The van der Waals surface area contributed by atoms with Crippen molar-refractivity contribution in [2.45, 2.75) is 6.42 Å². The van der Waals surface area contributed by atoms with E-state index >= 15 is 0 Å². The second-order valence-corrected chi connectivity index (χ2v) is 3.65. The zero-order valence-electron chi connectivity index (χ0n) is 6.31. The molecule has 0 heterocycles. The fraction of sp³-hybridized carbons (Fsp3) is 0.125. The maximum Gasteiger partial charge on any atom is 0.0471 e. The number of aliphatic carboxylic acids is 1. The predicted octanol–water partition coefficient (Wildman–Crippen LogP) is 1.94. The molecule has 0 unspecified atom stereocenters. The van der Waals surface area contributed by atoms with Crippen LogP contribution in [0.15, 0.2) is 12.1 Å². The van der Waals surface area contributed by atoms with Crippen LogP contribution in [0.25, 0.3) is 0 Å². The van der Waals surface area contributed by atoms with Gasteiger partial charge in [-0.2, -0.15) is 0 Å². The highest BCUT2D eigenvalue weighted by atomic mass is 35.5. The largest absolute Gasteiger partial charge is 0.550 e. The van der Waals surface area contributed by atoms with Crippen LogP contribution in [0.4, 0.5) is 0 Å². The fourth-order valence-corrected chi connectivity index (χ4v) is 1.84. The number of hydrogen-bond acceptors (Lipinski definition) is 2. The number of carbonyl (C=O) groups excluding carboxylic acids is 1. The maximum atomic E-state index is 10.3. The molecule has 70 valence electrons. The molecule has 0 N–H and O–H groups in total. The Bertz CT molecular complexity index is 326. The minimum Gasteiger partial charge on any atom is -0.550 e. The van der Waals surface area contributed by atoms with Crippen molar-refractivity contribution >= 4 is 40.8 Å². The molecule has 5 heteroatoms. The second kappa shape index (κ2) is 4.18. The van der Waals surface area contributed by atoms with Gasteiger partial charge in [-0.25, -0.2) is 0 Å². The smallest absolute Gasteiger partial charge is 0.0471 e.